The van der Waals surface area contributed by atoms with Crippen LogP contribution in [0.1, 0.15) is 75.3 Å². The number of hydrogen-bond acceptors (Lipinski definition) is 3. The van der Waals surface area contributed by atoms with Gasteiger partial charge in [-0.3, -0.25) is 4.79 Å². The summed E-state index contributed by atoms with van der Waals surface area (Å²) < 4.78 is 14.4. The number of carbonyl (C=O) groups excluding carboxylic acids is 1. The second-order valence-electron chi connectivity index (χ2n) is 10.2. The molecule has 4 nitrogen and oxygen atoms in total. The van der Waals surface area contributed by atoms with Gasteiger partial charge < -0.3 is 10.1 Å². The Morgan fingerprint density at radius 2 is 2.10 bits per heavy atom. The van der Waals surface area contributed by atoms with Gasteiger partial charge in [0.05, 0.1) is 5.71 Å². The number of fused-ring (bicyclic) bond motifs is 5. The molecule has 1 aromatic rings. The fourth-order valence-corrected chi connectivity index (χ4v) is 7.51. The maximum atomic E-state index is 14.4. The molecule has 0 bridgehead atoms. The number of hydrogen-bond donors (Lipinski definition) is 1. The highest BCUT2D eigenvalue weighted by Gasteiger charge is 2.57. The standard InChI is InChI=1S/C25H33FN2O2/c1-25-12-11-18-17-5-4-6-21(26)19(17)8-9-20(18)24(25)16(15-22(25)27-30)7-10-23(29)28-13-2-3-14-28/h4-6,16,18,20,24,30H,2-3,7-15H2,1H3/b27-22+/t16-,18?,20?,24?,25-/m1/s1. The maximum Gasteiger partial charge on any atom is 0.222 e. The summed E-state index contributed by atoms with van der Waals surface area (Å²) >= 11 is 0. The van der Waals surface area contributed by atoms with E-state index in [0.717, 1.165) is 75.7 Å². The highest BCUT2D eigenvalue weighted by molar-refractivity contribution is 5.92. The highest BCUT2D eigenvalue weighted by Crippen LogP contribution is 2.62. The van der Waals surface area contributed by atoms with Gasteiger partial charge in [-0.05, 0) is 92.2 Å². The second-order valence-corrected chi connectivity index (χ2v) is 10.2. The summed E-state index contributed by atoms with van der Waals surface area (Å²) in [6, 6.07) is 5.57. The molecule has 162 valence electrons. The van der Waals surface area contributed by atoms with Gasteiger partial charge in [0.15, 0.2) is 0 Å². The van der Waals surface area contributed by atoms with Crippen LogP contribution in [0.4, 0.5) is 4.39 Å². The first-order valence-electron chi connectivity index (χ1n) is 11.8. The lowest BCUT2D eigenvalue weighted by Gasteiger charge is -2.50. The zero-order valence-electron chi connectivity index (χ0n) is 17.9. The Kier molecular flexibility index (Phi) is 5.11. The molecule has 3 fully saturated rings. The molecule has 3 aliphatic carbocycles. The molecule has 5 heteroatoms. The lowest BCUT2D eigenvalue weighted by molar-refractivity contribution is -0.130. The Hall–Kier alpha value is -1.91. The van der Waals surface area contributed by atoms with Gasteiger partial charge in [-0.1, -0.05) is 24.2 Å². The summed E-state index contributed by atoms with van der Waals surface area (Å²) in [5.41, 5.74) is 2.95. The number of amides is 1. The van der Waals surface area contributed by atoms with Crippen molar-refractivity contribution < 1.29 is 14.4 Å². The van der Waals surface area contributed by atoms with Crippen molar-refractivity contribution in [3.63, 3.8) is 0 Å². The first kappa shape index (κ1) is 20.0. The number of halogens is 1. The molecule has 5 atom stereocenters. The maximum absolute atomic E-state index is 14.4. The first-order valence-corrected chi connectivity index (χ1v) is 11.8. The molecule has 1 aromatic carbocycles. The zero-order valence-corrected chi connectivity index (χ0v) is 17.9. The van der Waals surface area contributed by atoms with Crippen molar-refractivity contribution in [1.29, 1.82) is 0 Å². The zero-order chi connectivity index (χ0) is 20.9. The molecule has 0 spiro atoms. The fraction of sp³-hybridized carbons (Fsp3) is 0.680. The first-order chi connectivity index (χ1) is 14.5. The van der Waals surface area contributed by atoms with Crippen LogP contribution in [-0.4, -0.2) is 34.8 Å². The smallest absolute Gasteiger partial charge is 0.222 e. The molecule has 5 rings (SSSR count). The van der Waals surface area contributed by atoms with E-state index < -0.39 is 0 Å². The molecular formula is C25H33FN2O2. The Morgan fingerprint density at radius 3 is 2.87 bits per heavy atom. The molecule has 1 heterocycles. The Bertz CT molecular complexity index is 863. The van der Waals surface area contributed by atoms with E-state index in [1.165, 1.54) is 5.56 Å². The third-order valence-electron chi connectivity index (χ3n) is 8.90. The lowest BCUT2D eigenvalue weighted by Crippen LogP contribution is -2.44. The van der Waals surface area contributed by atoms with Gasteiger partial charge in [0.2, 0.25) is 5.91 Å². The van der Waals surface area contributed by atoms with Crippen molar-refractivity contribution in [1.82, 2.24) is 4.90 Å². The average molecular weight is 413 g/mol. The SMILES string of the molecule is C[C@]12CCC3c4cccc(F)c4CCC3C1[C@H](CCC(=O)N1CCCC1)C/C2=N\O. The summed E-state index contributed by atoms with van der Waals surface area (Å²) in [4.78, 5) is 14.7. The van der Waals surface area contributed by atoms with Crippen LogP contribution >= 0.6 is 0 Å². The number of carbonyl (C=O) groups is 1. The minimum atomic E-state index is -0.0951. The summed E-state index contributed by atoms with van der Waals surface area (Å²) in [5, 5.41) is 13.5. The molecule has 0 aromatic heterocycles. The molecule has 3 unspecified atom stereocenters. The number of rotatable bonds is 3. The van der Waals surface area contributed by atoms with Crippen molar-refractivity contribution in [3.05, 3.63) is 35.1 Å². The van der Waals surface area contributed by atoms with Gasteiger partial charge in [0.1, 0.15) is 5.82 Å². The van der Waals surface area contributed by atoms with Crippen LogP contribution in [0.2, 0.25) is 0 Å². The van der Waals surface area contributed by atoms with Crippen molar-refractivity contribution >= 4 is 11.6 Å². The van der Waals surface area contributed by atoms with Crippen LogP contribution in [0, 0.1) is 29.0 Å². The van der Waals surface area contributed by atoms with E-state index in [9.17, 15) is 14.4 Å². The van der Waals surface area contributed by atoms with Crippen LogP contribution in [0.5, 0.6) is 0 Å². The molecule has 1 saturated heterocycles. The van der Waals surface area contributed by atoms with Gasteiger partial charge in [-0.2, -0.15) is 0 Å². The summed E-state index contributed by atoms with van der Waals surface area (Å²) in [5.74, 6) is 1.87. The minimum Gasteiger partial charge on any atom is -0.411 e. The summed E-state index contributed by atoms with van der Waals surface area (Å²) in [7, 11) is 0. The lowest BCUT2D eigenvalue weighted by atomic mass is 9.54. The molecular weight excluding hydrogens is 379 g/mol. The van der Waals surface area contributed by atoms with E-state index in [1.807, 2.05) is 11.0 Å². The van der Waals surface area contributed by atoms with Gasteiger partial charge in [0, 0.05) is 24.9 Å². The second kappa shape index (κ2) is 7.65. The molecule has 4 aliphatic rings. The molecule has 1 aliphatic heterocycles. The Balaban J connectivity index is 1.41. The molecule has 2 saturated carbocycles. The summed E-state index contributed by atoms with van der Waals surface area (Å²) in [6.07, 6.45) is 8.29. The minimum absolute atomic E-state index is 0.0592. The van der Waals surface area contributed by atoms with Crippen molar-refractivity contribution in [3.8, 4) is 0 Å². The van der Waals surface area contributed by atoms with Gasteiger partial charge in [-0.25, -0.2) is 4.39 Å². The molecule has 0 radical (unpaired) electrons. The van der Waals surface area contributed by atoms with E-state index in [1.54, 1.807) is 6.07 Å². The van der Waals surface area contributed by atoms with E-state index in [-0.39, 0.29) is 17.1 Å². The van der Waals surface area contributed by atoms with Crippen LogP contribution in [0.3, 0.4) is 0 Å². The number of benzene rings is 1. The summed E-state index contributed by atoms with van der Waals surface area (Å²) in [6.45, 7) is 4.08. The van der Waals surface area contributed by atoms with Crippen LogP contribution in [0.25, 0.3) is 0 Å². The topological polar surface area (TPSA) is 52.9 Å². The van der Waals surface area contributed by atoms with Crippen LogP contribution in [0.15, 0.2) is 23.4 Å². The Labute approximate surface area is 178 Å². The Morgan fingerprint density at radius 1 is 1.30 bits per heavy atom. The van der Waals surface area contributed by atoms with E-state index >= 15 is 0 Å². The monoisotopic (exact) mass is 412 g/mol. The predicted octanol–water partition coefficient (Wildman–Crippen LogP) is 5.14. The van der Waals surface area contributed by atoms with E-state index in [2.05, 4.69) is 18.1 Å². The molecule has 1 N–H and O–H groups in total. The largest absolute Gasteiger partial charge is 0.411 e. The third-order valence-corrected chi connectivity index (χ3v) is 8.90. The fourth-order valence-electron chi connectivity index (χ4n) is 7.51. The van der Waals surface area contributed by atoms with Crippen LogP contribution < -0.4 is 0 Å². The quantitative estimate of drug-likeness (QED) is 0.552. The number of likely N-dealkylation sites (tertiary alicyclic amines) is 1. The number of oxime groups is 1. The van der Waals surface area contributed by atoms with Crippen molar-refractivity contribution in [2.75, 3.05) is 13.1 Å². The van der Waals surface area contributed by atoms with Gasteiger partial charge in [0.25, 0.3) is 0 Å². The average Bonchev–Trinajstić information content (AvgIpc) is 3.38. The molecule has 1 amide bonds. The van der Waals surface area contributed by atoms with Gasteiger partial charge >= 0.3 is 0 Å². The highest BCUT2D eigenvalue weighted by atomic mass is 19.1. The third kappa shape index (κ3) is 3.07. The van der Waals surface area contributed by atoms with Crippen LogP contribution in [-0.2, 0) is 11.2 Å². The van der Waals surface area contributed by atoms with E-state index in [4.69, 9.17) is 0 Å². The van der Waals surface area contributed by atoms with Gasteiger partial charge in [-0.15, -0.1) is 0 Å². The molecule has 30 heavy (non-hydrogen) atoms. The van der Waals surface area contributed by atoms with Crippen molar-refractivity contribution in [2.45, 2.75) is 70.6 Å². The predicted molar refractivity (Wildman–Crippen MR) is 114 cm³/mol. The number of nitrogens with zero attached hydrogens (tertiary/aromatic N) is 2. The van der Waals surface area contributed by atoms with E-state index in [0.29, 0.717) is 30.1 Å². The normalized spacial score (nSPS) is 36.5. The van der Waals surface area contributed by atoms with Crippen molar-refractivity contribution in [2.24, 2.45) is 28.3 Å².